The third kappa shape index (κ3) is 4.47. The Balaban J connectivity index is 1.35. The maximum absolute atomic E-state index is 13.2. The lowest BCUT2D eigenvalue weighted by Gasteiger charge is -2.25. The minimum atomic E-state index is 0.0681. The van der Waals surface area contributed by atoms with Crippen LogP contribution in [0.3, 0.4) is 0 Å². The van der Waals surface area contributed by atoms with E-state index in [1.807, 2.05) is 35.2 Å². The third-order valence-corrected chi connectivity index (χ3v) is 6.91. The van der Waals surface area contributed by atoms with Gasteiger partial charge in [-0.05, 0) is 31.9 Å². The molecule has 1 unspecified atom stereocenters. The van der Waals surface area contributed by atoms with Gasteiger partial charge in [-0.1, -0.05) is 48.0 Å². The van der Waals surface area contributed by atoms with E-state index in [0.29, 0.717) is 13.1 Å². The summed E-state index contributed by atoms with van der Waals surface area (Å²) in [7, 11) is 0. The minimum Gasteiger partial charge on any atom is -0.376 e. The number of hydrogen-bond donors (Lipinski definition) is 0. The van der Waals surface area contributed by atoms with Crippen molar-refractivity contribution >= 4 is 22.2 Å². The fourth-order valence-corrected chi connectivity index (χ4v) is 5.10. The molecule has 4 aromatic rings. The molecule has 6 heteroatoms. The van der Waals surface area contributed by atoms with Crippen LogP contribution >= 0.6 is 11.3 Å². The van der Waals surface area contributed by atoms with E-state index in [1.54, 1.807) is 11.3 Å². The summed E-state index contributed by atoms with van der Waals surface area (Å²) in [5.41, 5.74) is 5.25. The van der Waals surface area contributed by atoms with Gasteiger partial charge in [0, 0.05) is 54.5 Å². The van der Waals surface area contributed by atoms with E-state index < -0.39 is 0 Å². The molecule has 0 radical (unpaired) electrons. The molecule has 1 saturated heterocycles. The number of hydrogen-bond acceptors (Lipinski definition) is 4. The second kappa shape index (κ2) is 9.27. The number of fused-ring (bicyclic) bond motifs is 1. The first-order valence-corrected chi connectivity index (χ1v) is 12.0. The maximum atomic E-state index is 13.2. The van der Waals surface area contributed by atoms with E-state index >= 15 is 0 Å². The first-order chi connectivity index (χ1) is 15.7. The molecule has 2 aromatic heterocycles. The van der Waals surface area contributed by atoms with Crippen molar-refractivity contribution in [2.45, 2.75) is 32.3 Å². The highest BCUT2D eigenvalue weighted by Crippen LogP contribution is 2.25. The summed E-state index contributed by atoms with van der Waals surface area (Å²) in [6.07, 6.45) is 5.10. The van der Waals surface area contributed by atoms with Gasteiger partial charge in [-0.15, -0.1) is 11.3 Å². The normalized spacial score (nSPS) is 16.0. The Kier molecular flexibility index (Phi) is 6.06. The lowest BCUT2D eigenvalue weighted by Crippen LogP contribution is -2.38. The molecule has 0 saturated carbocycles. The van der Waals surface area contributed by atoms with Crippen LogP contribution in [0, 0.1) is 6.92 Å². The van der Waals surface area contributed by atoms with Crippen LogP contribution in [-0.4, -0.2) is 46.0 Å². The van der Waals surface area contributed by atoms with Crippen molar-refractivity contribution in [2.75, 3.05) is 19.7 Å². The van der Waals surface area contributed by atoms with Crippen molar-refractivity contribution in [1.29, 1.82) is 0 Å². The summed E-state index contributed by atoms with van der Waals surface area (Å²) >= 11 is 1.65. The van der Waals surface area contributed by atoms with E-state index in [9.17, 15) is 4.79 Å². The van der Waals surface area contributed by atoms with Gasteiger partial charge >= 0.3 is 0 Å². The molecule has 1 amide bonds. The highest BCUT2D eigenvalue weighted by atomic mass is 32.1. The molecule has 0 bridgehead atoms. The van der Waals surface area contributed by atoms with Crippen LogP contribution in [0.1, 0.15) is 34.5 Å². The van der Waals surface area contributed by atoms with Crippen LogP contribution in [0.5, 0.6) is 0 Å². The first kappa shape index (κ1) is 20.9. The number of benzene rings is 2. The van der Waals surface area contributed by atoms with Crippen LogP contribution in [-0.2, 0) is 11.2 Å². The van der Waals surface area contributed by atoms with Crippen molar-refractivity contribution in [3.63, 3.8) is 0 Å². The SMILES string of the molecule is Cc1ccc(-c2cn3c(CCN(CC4CCCO4)C(=O)c4ccccc4)csc3n2)cc1. The molecule has 2 aromatic carbocycles. The highest BCUT2D eigenvalue weighted by molar-refractivity contribution is 7.15. The zero-order valence-corrected chi connectivity index (χ0v) is 19.1. The number of rotatable bonds is 7. The van der Waals surface area contributed by atoms with E-state index in [2.05, 4.69) is 47.2 Å². The van der Waals surface area contributed by atoms with Gasteiger partial charge in [-0.2, -0.15) is 0 Å². The van der Waals surface area contributed by atoms with E-state index in [1.165, 1.54) is 11.3 Å². The quantitative estimate of drug-likeness (QED) is 0.391. The fraction of sp³-hybridized carbons (Fsp3) is 0.308. The number of amides is 1. The molecule has 1 atom stereocenters. The molecular weight excluding hydrogens is 418 g/mol. The number of thiazole rings is 1. The number of imidazole rings is 1. The molecule has 3 heterocycles. The van der Waals surface area contributed by atoms with Crippen molar-refractivity contribution in [3.05, 3.63) is 83.0 Å². The zero-order chi connectivity index (χ0) is 21.9. The average Bonchev–Trinajstić information content (AvgIpc) is 3.56. The van der Waals surface area contributed by atoms with Crippen molar-refractivity contribution in [2.24, 2.45) is 0 Å². The van der Waals surface area contributed by atoms with Crippen LogP contribution < -0.4 is 0 Å². The Morgan fingerprint density at radius 3 is 2.75 bits per heavy atom. The van der Waals surface area contributed by atoms with E-state index in [-0.39, 0.29) is 12.0 Å². The number of aromatic nitrogens is 2. The summed E-state index contributed by atoms with van der Waals surface area (Å²) < 4.78 is 7.99. The number of nitrogens with zero attached hydrogens (tertiary/aromatic N) is 3. The van der Waals surface area contributed by atoms with Gasteiger partial charge in [0.1, 0.15) is 0 Å². The van der Waals surface area contributed by atoms with Gasteiger partial charge in [-0.3, -0.25) is 9.20 Å². The number of aryl methyl sites for hydroxylation is 1. The first-order valence-electron chi connectivity index (χ1n) is 11.2. The molecule has 0 spiro atoms. The molecular formula is C26H27N3O2S. The van der Waals surface area contributed by atoms with Crippen LogP contribution in [0.2, 0.25) is 0 Å². The Morgan fingerprint density at radius 2 is 2.00 bits per heavy atom. The van der Waals surface area contributed by atoms with Crippen molar-refractivity contribution < 1.29 is 9.53 Å². The van der Waals surface area contributed by atoms with Crippen LogP contribution in [0.4, 0.5) is 0 Å². The van der Waals surface area contributed by atoms with E-state index in [4.69, 9.17) is 9.72 Å². The summed E-state index contributed by atoms with van der Waals surface area (Å²) in [5.74, 6) is 0.0681. The van der Waals surface area contributed by atoms with E-state index in [0.717, 1.165) is 47.7 Å². The lowest BCUT2D eigenvalue weighted by molar-refractivity contribution is 0.0528. The van der Waals surface area contributed by atoms with Crippen LogP contribution in [0.15, 0.2) is 66.2 Å². The maximum Gasteiger partial charge on any atom is 0.253 e. The predicted molar refractivity (Wildman–Crippen MR) is 128 cm³/mol. The molecule has 164 valence electrons. The van der Waals surface area contributed by atoms with Gasteiger partial charge in [0.15, 0.2) is 4.96 Å². The third-order valence-electron chi connectivity index (χ3n) is 6.02. The second-order valence-electron chi connectivity index (χ2n) is 8.37. The van der Waals surface area contributed by atoms with Crippen molar-refractivity contribution in [1.82, 2.24) is 14.3 Å². The van der Waals surface area contributed by atoms with Crippen molar-refractivity contribution in [3.8, 4) is 11.3 Å². The van der Waals surface area contributed by atoms with Gasteiger partial charge in [-0.25, -0.2) is 4.98 Å². The smallest absolute Gasteiger partial charge is 0.253 e. The molecule has 1 aliphatic heterocycles. The summed E-state index contributed by atoms with van der Waals surface area (Å²) in [5, 5.41) is 2.15. The standard InChI is InChI=1S/C26H27N3O2S/c1-19-9-11-20(12-10-19)24-17-29-22(18-32-26(29)27-24)13-14-28(16-23-8-5-15-31-23)25(30)21-6-3-2-4-7-21/h2-4,6-7,9-12,17-18,23H,5,8,13-16H2,1H3. The molecule has 1 aliphatic rings. The fourth-order valence-electron chi connectivity index (χ4n) is 4.20. The van der Waals surface area contributed by atoms with Gasteiger partial charge < -0.3 is 9.64 Å². The zero-order valence-electron chi connectivity index (χ0n) is 18.2. The molecule has 5 nitrogen and oxygen atoms in total. The largest absolute Gasteiger partial charge is 0.376 e. The molecule has 0 aliphatic carbocycles. The summed E-state index contributed by atoms with van der Waals surface area (Å²) in [4.78, 5) is 21.0. The van der Waals surface area contributed by atoms with Crippen LogP contribution in [0.25, 0.3) is 16.2 Å². The number of carbonyl (C=O) groups excluding carboxylic acids is 1. The Bertz CT molecular complexity index is 1190. The monoisotopic (exact) mass is 445 g/mol. The minimum absolute atomic E-state index is 0.0681. The molecule has 1 fully saturated rings. The average molecular weight is 446 g/mol. The van der Waals surface area contributed by atoms with Gasteiger partial charge in [0.2, 0.25) is 0 Å². The highest BCUT2D eigenvalue weighted by Gasteiger charge is 2.23. The lowest BCUT2D eigenvalue weighted by atomic mass is 10.1. The molecule has 0 N–H and O–H groups in total. The van der Waals surface area contributed by atoms with Gasteiger partial charge in [0.25, 0.3) is 5.91 Å². The second-order valence-corrected chi connectivity index (χ2v) is 9.21. The number of carbonyl (C=O) groups is 1. The Morgan fingerprint density at radius 1 is 1.19 bits per heavy atom. The Hall–Kier alpha value is -2.96. The Labute approximate surface area is 192 Å². The number of ether oxygens (including phenoxy) is 1. The predicted octanol–water partition coefficient (Wildman–Crippen LogP) is 5.24. The van der Waals surface area contributed by atoms with Gasteiger partial charge in [0.05, 0.1) is 11.8 Å². The molecule has 32 heavy (non-hydrogen) atoms. The summed E-state index contributed by atoms with van der Waals surface area (Å²) in [6, 6.07) is 18.0. The topological polar surface area (TPSA) is 46.8 Å². The summed E-state index contributed by atoms with van der Waals surface area (Å²) in [6.45, 7) is 4.17. The molecule has 5 rings (SSSR count).